The Kier molecular flexibility index (Phi) is 5.10. The Morgan fingerprint density at radius 1 is 1.17 bits per heavy atom. The van der Waals surface area contributed by atoms with Crippen LogP contribution in [0.3, 0.4) is 0 Å². The number of benzene rings is 1. The van der Waals surface area contributed by atoms with Crippen molar-refractivity contribution < 1.29 is 9.53 Å². The monoisotopic (exact) mass is 396 g/mol. The van der Waals surface area contributed by atoms with Gasteiger partial charge in [0.1, 0.15) is 11.3 Å². The molecule has 0 aliphatic carbocycles. The molecule has 4 rings (SSSR count). The Morgan fingerprint density at radius 3 is 2.62 bits per heavy atom. The van der Waals surface area contributed by atoms with Gasteiger partial charge in [0, 0.05) is 33.8 Å². The first-order chi connectivity index (χ1) is 14.0. The summed E-state index contributed by atoms with van der Waals surface area (Å²) in [4.78, 5) is 38.2. The third-order valence-electron chi connectivity index (χ3n) is 5.43. The molecule has 1 saturated heterocycles. The van der Waals surface area contributed by atoms with Crippen molar-refractivity contribution in [2.24, 2.45) is 14.1 Å². The first-order valence-electron chi connectivity index (χ1n) is 9.70. The van der Waals surface area contributed by atoms with E-state index >= 15 is 0 Å². The van der Waals surface area contributed by atoms with Crippen LogP contribution < -0.4 is 16.6 Å². The van der Waals surface area contributed by atoms with Crippen LogP contribution in [0.2, 0.25) is 0 Å². The van der Waals surface area contributed by atoms with Crippen LogP contribution in [-0.2, 0) is 25.4 Å². The van der Waals surface area contributed by atoms with E-state index in [4.69, 9.17) is 4.74 Å². The van der Waals surface area contributed by atoms with Gasteiger partial charge in [-0.15, -0.1) is 0 Å². The van der Waals surface area contributed by atoms with E-state index in [2.05, 4.69) is 5.32 Å². The number of aryl methyl sites for hydroxylation is 1. The Balaban J connectivity index is 1.81. The van der Waals surface area contributed by atoms with Gasteiger partial charge in [0.25, 0.3) is 11.5 Å². The molecule has 1 amide bonds. The maximum atomic E-state index is 13.0. The standard InChI is InChI=1S/C21H24N4O4/c1-23-19-16(20(27)24(2)21(23)28)11-17(18(26)22-12-15-9-6-10-29-15)25(19)13-14-7-4-3-5-8-14/h3-5,7-8,11,15H,6,9-10,12-13H2,1-2H3,(H,22,26)/t15-/m0/s1. The third kappa shape index (κ3) is 3.51. The van der Waals surface area contributed by atoms with Gasteiger partial charge in [0.2, 0.25) is 0 Å². The summed E-state index contributed by atoms with van der Waals surface area (Å²) in [5.41, 5.74) is 0.903. The highest BCUT2D eigenvalue weighted by molar-refractivity contribution is 5.98. The summed E-state index contributed by atoms with van der Waals surface area (Å²) in [5.74, 6) is -0.290. The van der Waals surface area contributed by atoms with Gasteiger partial charge in [-0.1, -0.05) is 30.3 Å². The fourth-order valence-electron chi connectivity index (χ4n) is 3.86. The van der Waals surface area contributed by atoms with E-state index < -0.39 is 11.2 Å². The lowest BCUT2D eigenvalue weighted by atomic mass is 10.2. The number of nitrogens with one attached hydrogen (secondary N) is 1. The molecule has 1 aromatic carbocycles. The van der Waals surface area contributed by atoms with E-state index in [1.54, 1.807) is 17.7 Å². The number of amides is 1. The summed E-state index contributed by atoms with van der Waals surface area (Å²) < 4.78 is 9.78. The van der Waals surface area contributed by atoms with Crippen LogP contribution in [0.1, 0.15) is 28.9 Å². The molecular formula is C21H24N4O4. The summed E-state index contributed by atoms with van der Waals surface area (Å²) in [7, 11) is 3.05. The van der Waals surface area contributed by atoms with Crippen molar-refractivity contribution in [2.45, 2.75) is 25.5 Å². The number of fused-ring (bicyclic) bond motifs is 1. The number of carbonyl (C=O) groups excluding carboxylic acids is 1. The second kappa shape index (κ2) is 7.71. The SMILES string of the molecule is Cn1c(=O)c2cc(C(=O)NC[C@@H]3CCCO3)n(Cc3ccccc3)c2n(C)c1=O. The molecule has 1 fully saturated rings. The van der Waals surface area contributed by atoms with Gasteiger partial charge in [-0.2, -0.15) is 0 Å². The number of hydrogen-bond donors (Lipinski definition) is 1. The van der Waals surface area contributed by atoms with E-state index in [0.29, 0.717) is 36.4 Å². The van der Waals surface area contributed by atoms with Crippen molar-refractivity contribution in [3.63, 3.8) is 0 Å². The quantitative estimate of drug-likeness (QED) is 0.697. The zero-order valence-electron chi connectivity index (χ0n) is 16.6. The van der Waals surface area contributed by atoms with E-state index in [1.165, 1.54) is 11.6 Å². The van der Waals surface area contributed by atoms with Crippen LogP contribution in [-0.4, -0.2) is 38.9 Å². The molecule has 1 N–H and O–H groups in total. The van der Waals surface area contributed by atoms with Gasteiger partial charge >= 0.3 is 5.69 Å². The van der Waals surface area contributed by atoms with Gasteiger partial charge in [-0.3, -0.25) is 18.7 Å². The lowest BCUT2D eigenvalue weighted by Gasteiger charge is -2.14. The van der Waals surface area contributed by atoms with Gasteiger partial charge < -0.3 is 14.6 Å². The predicted octanol–water partition coefficient (Wildman–Crippen LogP) is 0.996. The number of hydrogen-bond acceptors (Lipinski definition) is 4. The summed E-state index contributed by atoms with van der Waals surface area (Å²) in [5, 5.41) is 3.26. The minimum atomic E-state index is -0.429. The normalized spacial score (nSPS) is 16.4. The Hall–Kier alpha value is -3.13. The van der Waals surface area contributed by atoms with Gasteiger partial charge in [0.05, 0.1) is 11.5 Å². The number of nitrogens with zero attached hydrogens (tertiary/aromatic N) is 3. The predicted molar refractivity (Wildman–Crippen MR) is 109 cm³/mol. The number of carbonyl (C=O) groups is 1. The molecule has 2 aromatic heterocycles. The summed E-state index contributed by atoms with van der Waals surface area (Å²) in [6, 6.07) is 11.2. The lowest BCUT2D eigenvalue weighted by Crippen LogP contribution is -2.37. The number of ether oxygens (including phenoxy) is 1. The fraction of sp³-hybridized carbons (Fsp3) is 0.381. The van der Waals surface area contributed by atoms with Crippen LogP contribution in [0.4, 0.5) is 0 Å². The highest BCUT2D eigenvalue weighted by Gasteiger charge is 2.23. The van der Waals surface area contributed by atoms with Crippen LogP contribution in [0.5, 0.6) is 0 Å². The Morgan fingerprint density at radius 2 is 1.93 bits per heavy atom. The van der Waals surface area contributed by atoms with Crippen molar-refractivity contribution in [3.05, 3.63) is 68.5 Å². The molecule has 0 radical (unpaired) electrons. The molecule has 1 atom stereocenters. The molecule has 0 saturated carbocycles. The van der Waals surface area contributed by atoms with Crippen molar-refractivity contribution in [1.82, 2.24) is 19.0 Å². The fourth-order valence-corrected chi connectivity index (χ4v) is 3.86. The van der Waals surface area contributed by atoms with Crippen LogP contribution in [0.15, 0.2) is 46.0 Å². The molecule has 1 aliphatic heterocycles. The highest BCUT2D eigenvalue weighted by Crippen LogP contribution is 2.18. The lowest BCUT2D eigenvalue weighted by molar-refractivity contribution is 0.0851. The van der Waals surface area contributed by atoms with Gasteiger partial charge in [-0.25, -0.2) is 4.79 Å². The molecule has 152 valence electrons. The van der Waals surface area contributed by atoms with Crippen LogP contribution in [0, 0.1) is 0 Å². The highest BCUT2D eigenvalue weighted by atomic mass is 16.5. The second-order valence-electron chi connectivity index (χ2n) is 7.39. The number of aromatic nitrogens is 3. The van der Waals surface area contributed by atoms with E-state index in [0.717, 1.165) is 23.0 Å². The van der Waals surface area contributed by atoms with Crippen molar-refractivity contribution >= 4 is 16.9 Å². The van der Waals surface area contributed by atoms with Crippen LogP contribution in [0.25, 0.3) is 11.0 Å². The Bertz CT molecular complexity index is 1170. The average Bonchev–Trinajstić information content (AvgIpc) is 3.38. The van der Waals surface area contributed by atoms with Crippen molar-refractivity contribution in [3.8, 4) is 0 Å². The summed E-state index contributed by atoms with van der Waals surface area (Å²) in [6.07, 6.45) is 1.93. The van der Waals surface area contributed by atoms with Gasteiger partial charge in [-0.05, 0) is 24.5 Å². The molecular weight excluding hydrogens is 372 g/mol. The molecule has 1 aliphatic rings. The summed E-state index contributed by atoms with van der Waals surface area (Å²) in [6.45, 7) is 1.50. The van der Waals surface area contributed by atoms with E-state index in [1.807, 2.05) is 30.3 Å². The number of rotatable bonds is 5. The molecule has 29 heavy (non-hydrogen) atoms. The smallest absolute Gasteiger partial charge is 0.332 e. The molecule has 0 spiro atoms. The molecule has 3 heterocycles. The van der Waals surface area contributed by atoms with Crippen molar-refractivity contribution in [1.29, 1.82) is 0 Å². The minimum Gasteiger partial charge on any atom is -0.376 e. The molecule has 8 heteroatoms. The van der Waals surface area contributed by atoms with Gasteiger partial charge in [0.15, 0.2) is 0 Å². The van der Waals surface area contributed by atoms with Crippen LogP contribution >= 0.6 is 0 Å². The first-order valence-corrected chi connectivity index (χ1v) is 9.70. The van der Waals surface area contributed by atoms with Crippen molar-refractivity contribution in [2.75, 3.05) is 13.2 Å². The minimum absolute atomic E-state index is 0.0168. The molecule has 3 aromatic rings. The van der Waals surface area contributed by atoms with E-state index in [9.17, 15) is 14.4 Å². The zero-order valence-corrected chi connectivity index (χ0v) is 16.6. The van der Waals surface area contributed by atoms with E-state index in [-0.39, 0.29) is 12.0 Å². The maximum Gasteiger partial charge on any atom is 0.332 e. The summed E-state index contributed by atoms with van der Waals surface area (Å²) >= 11 is 0. The third-order valence-corrected chi connectivity index (χ3v) is 5.43. The molecule has 8 nitrogen and oxygen atoms in total. The average molecular weight is 396 g/mol. The Labute approximate surface area is 167 Å². The molecule has 0 bridgehead atoms. The first kappa shape index (κ1) is 19.2. The largest absolute Gasteiger partial charge is 0.376 e. The topological polar surface area (TPSA) is 87.3 Å². The second-order valence-corrected chi connectivity index (χ2v) is 7.39. The molecule has 0 unspecified atom stereocenters. The maximum absolute atomic E-state index is 13.0. The zero-order chi connectivity index (χ0) is 20.5.